The van der Waals surface area contributed by atoms with E-state index in [-0.39, 0.29) is 24.0 Å². The van der Waals surface area contributed by atoms with Crippen molar-refractivity contribution in [1.82, 2.24) is 20.4 Å². The third kappa shape index (κ3) is 6.74. The summed E-state index contributed by atoms with van der Waals surface area (Å²) in [4.78, 5) is 4.25. The molecule has 7 nitrogen and oxygen atoms in total. The van der Waals surface area contributed by atoms with E-state index in [0.717, 1.165) is 42.4 Å². The third-order valence-electron chi connectivity index (χ3n) is 3.82. The number of guanidine groups is 1. The van der Waals surface area contributed by atoms with E-state index in [1.54, 1.807) is 21.3 Å². The van der Waals surface area contributed by atoms with E-state index in [4.69, 9.17) is 9.47 Å². The van der Waals surface area contributed by atoms with Crippen molar-refractivity contribution in [2.75, 3.05) is 27.8 Å². The van der Waals surface area contributed by atoms with Gasteiger partial charge in [0.25, 0.3) is 0 Å². The lowest BCUT2D eigenvalue weighted by molar-refractivity contribution is 0.354. The zero-order chi connectivity index (χ0) is 18.1. The molecule has 0 aliphatic carbocycles. The maximum absolute atomic E-state index is 5.33. The van der Waals surface area contributed by atoms with E-state index in [1.807, 2.05) is 42.3 Å². The van der Waals surface area contributed by atoms with Crippen LogP contribution >= 0.6 is 24.0 Å². The Kier molecular flexibility index (Phi) is 9.85. The van der Waals surface area contributed by atoms with Crippen molar-refractivity contribution in [3.63, 3.8) is 0 Å². The molecule has 2 N–H and O–H groups in total. The summed E-state index contributed by atoms with van der Waals surface area (Å²) < 4.78 is 12.4. The van der Waals surface area contributed by atoms with Gasteiger partial charge in [-0.2, -0.15) is 5.10 Å². The van der Waals surface area contributed by atoms with E-state index in [0.29, 0.717) is 6.54 Å². The number of benzene rings is 1. The zero-order valence-corrected chi connectivity index (χ0v) is 18.1. The third-order valence-corrected chi connectivity index (χ3v) is 3.82. The molecule has 0 unspecified atom stereocenters. The molecule has 0 aliphatic rings. The molecule has 1 aromatic heterocycles. The minimum Gasteiger partial charge on any atom is -0.493 e. The topological polar surface area (TPSA) is 72.7 Å². The van der Waals surface area contributed by atoms with Crippen LogP contribution in [0.3, 0.4) is 0 Å². The van der Waals surface area contributed by atoms with Gasteiger partial charge in [-0.15, -0.1) is 24.0 Å². The summed E-state index contributed by atoms with van der Waals surface area (Å²) in [5.41, 5.74) is 2.34. The van der Waals surface area contributed by atoms with Crippen LogP contribution in [0, 0.1) is 0 Å². The van der Waals surface area contributed by atoms with Crippen molar-refractivity contribution in [3.05, 3.63) is 41.7 Å². The largest absolute Gasteiger partial charge is 0.493 e. The Morgan fingerprint density at radius 3 is 2.54 bits per heavy atom. The van der Waals surface area contributed by atoms with Crippen molar-refractivity contribution < 1.29 is 9.47 Å². The number of nitrogens with one attached hydrogen (secondary N) is 2. The van der Waals surface area contributed by atoms with E-state index >= 15 is 0 Å². The molecule has 1 heterocycles. The molecule has 0 radical (unpaired) electrons. The number of nitrogens with zero attached hydrogens (tertiary/aromatic N) is 3. The second-order valence-corrected chi connectivity index (χ2v) is 5.67. The second-order valence-electron chi connectivity index (χ2n) is 5.67. The Morgan fingerprint density at radius 2 is 1.92 bits per heavy atom. The summed E-state index contributed by atoms with van der Waals surface area (Å²) in [5, 5.41) is 10.8. The van der Waals surface area contributed by atoms with Crippen LogP contribution in [0.5, 0.6) is 11.5 Å². The van der Waals surface area contributed by atoms with Crippen LogP contribution in [0.15, 0.2) is 35.6 Å². The number of aromatic nitrogens is 2. The fraction of sp³-hybridized carbons (Fsp3) is 0.444. The van der Waals surface area contributed by atoms with Gasteiger partial charge >= 0.3 is 0 Å². The maximum Gasteiger partial charge on any atom is 0.191 e. The number of hydrogen-bond acceptors (Lipinski definition) is 4. The molecule has 0 spiro atoms. The van der Waals surface area contributed by atoms with Crippen molar-refractivity contribution in [2.24, 2.45) is 12.0 Å². The molecule has 0 saturated heterocycles. The molecule has 0 aliphatic heterocycles. The molecule has 0 saturated carbocycles. The molecule has 2 rings (SSSR count). The highest BCUT2D eigenvalue weighted by molar-refractivity contribution is 14.0. The average Bonchev–Trinajstić information content (AvgIpc) is 3.06. The van der Waals surface area contributed by atoms with E-state index < -0.39 is 0 Å². The Morgan fingerprint density at radius 1 is 1.15 bits per heavy atom. The second kappa shape index (κ2) is 11.6. The monoisotopic (exact) mass is 473 g/mol. The fourth-order valence-corrected chi connectivity index (χ4v) is 2.50. The van der Waals surface area contributed by atoms with Gasteiger partial charge in [0.05, 0.1) is 20.4 Å². The normalized spacial score (nSPS) is 10.8. The summed E-state index contributed by atoms with van der Waals surface area (Å²) in [6, 6.07) is 5.87. The first kappa shape index (κ1) is 22.1. The number of methoxy groups -OCH3 is 2. The van der Waals surface area contributed by atoms with Gasteiger partial charge in [0.15, 0.2) is 17.5 Å². The van der Waals surface area contributed by atoms with E-state index in [1.165, 1.54) is 5.56 Å². The predicted molar refractivity (Wildman–Crippen MR) is 115 cm³/mol. The molecule has 1 aromatic carbocycles. The lowest BCUT2D eigenvalue weighted by Crippen LogP contribution is -2.37. The molecule has 0 amide bonds. The van der Waals surface area contributed by atoms with E-state index in [2.05, 4.69) is 20.7 Å². The average molecular weight is 473 g/mol. The summed E-state index contributed by atoms with van der Waals surface area (Å²) in [6.45, 7) is 1.50. The van der Waals surface area contributed by atoms with Crippen LogP contribution in [0.25, 0.3) is 0 Å². The first-order valence-corrected chi connectivity index (χ1v) is 8.29. The number of aliphatic imine (C=N–C) groups is 1. The number of aryl methyl sites for hydroxylation is 2. The number of rotatable bonds is 8. The molecule has 26 heavy (non-hydrogen) atoms. The molecule has 2 aromatic rings. The summed E-state index contributed by atoms with van der Waals surface area (Å²) in [5.74, 6) is 2.23. The Bertz CT molecular complexity index is 703. The number of hydrogen-bond donors (Lipinski definition) is 2. The highest BCUT2D eigenvalue weighted by Crippen LogP contribution is 2.27. The lowest BCUT2D eigenvalue weighted by Gasteiger charge is -2.13. The lowest BCUT2D eigenvalue weighted by atomic mass is 10.2. The van der Waals surface area contributed by atoms with Crippen molar-refractivity contribution in [2.45, 2.75) is 19.4 Å². The summed E-state index contributed by atoms with van der Waals surface area (Å²) in [6.07, 6.45) is 5.96. The zero-order valence-electron chi connectivity index (χ0n) is 15.8. The minimum absolute atomic E-state index is 0. The summed E-state index contributed by atoms with van der Waals surface area (Å²) in [7, 11) is 6.97. The maximum atomic E-state index is 5.33. The first-order valence-electron chi connectivity index (χ1n) is 8.29. The fourth-order valence-electron chi connectivity index (χ4n) is 2.50. The van der Waals surface area contributed by atoms with Crippen LogP contribution < -0.4 is 20.1 Å². The Hall–Kier alpha value is -1.97. The van der Waals surface area contributed by atoms with Crippen molar-refractivity contribution in [1.29, 1.82) is 0 Å². The van der Waals surface area contributed by atoms with Crippen LogP contribution in [-0.4, -0.2) is 43.6 Å². The predicted octanol–water partition coefficient (Wildman–Crippen LogP) is 2.35. The van der Waals surface area contributed by atoms with Gasteiger partial charge in [-0.05, 0) is 36.1 Å². The molecule has 0 bridgehead atoms. The van der Waals surface area contributed by atoms with Gasteiger partial charge in [0.1, 0.15) is 0 Å². The standard InChI is InChI=1S/C18H27N5O2.HI/c1-19-18(20-9-5-6-15-12-22-23(2)13-15)21-11-14-7-8-16(24-3)17(10-14)25-4;/h7-8,10,12-13H,5-6,9,11H2,1-4H3,(H2,19,20,21);1H. The van der Waals surface area contributed by atoms with Gasteiger partial charge < -0.3 is 20.1 Å². The van der Waals surface area contributed by atoms with Gasteiger partial charge in [0.2, 0.25) is 0 Å². The molecule has 144 valence electrons. The van der Waals surface area contributed by atoms with Crippen molar-refractivity contribution in [3.8, 4) is 11.5 Å². The molecular formula is C18H28IN5O2. The Balaban J connectivity index is 0.00000338. The van der Waals surface area contributed by atoms with Crippen LogP contribution in [0.2, 0.25) is 0 Å². The highest BCUT2D eigenvalue weighted by Gasteiger charge is 2.05. The molecular weight excluding hydrogens is 445 g/mol. The smallest absolute Gasteiger partial charge is 0.191 e. The molecule has 8 heteroatoms. The van der Waals surface area contributed by atoms with Gasteiger partial charge in [-0.25, -0.2) is 0 Å². The van der Waals surface area contributed by atoms with Gasteiger partial charge in [-0.1, -0.05) is 6.07 Å². The SMILES string of the molecule is CN=C(NCCCc1cnn(C)c1)NCc1ccc(OC)c(OC)c1.I. The van der Waals surface area contributed by atoms with Crippen molar-refractivity contribution >= 4 is 29.9 Å². The first-order chi connectivity index (χ1) is 12.2. The van der Waals surface area contributed by atoms with Crippen LogP contribution in [-0.2, 0) is 20.0 Å². The van der Waals surface area contributed by atoms with Gasteiger partial charge in [-0.3, -0.25) is 9.67 Å². The van der Waals surface area contributed by atoms with E-state index in [9.17, 15) is 0 Å². The quantitative estimate of drug-likeness (QED) is 0.267. The summed E-state index contributed by atoms with van der Waals surface area (Å²) >= 11 is 0. The van der Waals surface area contributed by atoms with Crippen LogP contribution in [0.4, 0.5) is 0 Å². The Labute approximate surface area is 172 Å². The highest BCUT2D eigenvalue weighted by atomic mass is 127. The minimum atomic E-state index is 0. The van der Waals surface area contributed by atoms with Gasteiger partial charge in [0, 0.05) is 33.4 Å². The molecule has 0 atom stereocenters. The number of halogens is 1. The van der Waals surface area contributed by atoms with Crippen LogP contribution in [0.1, 0.15) is 17.5 Å². The number of ether oxygens (including phenoxy) is 2. The molecule has 0 fully saturated rings.